The molecule has 3 N–H and O–H groups in total. The summed E-state index contributed by atoms with van der Waals surface area (Å²) in [6.07, 6.45) is 0.410. The number of amides is 1. The number of pyridine rings is 1. The molecule has 3 heterocycles. The Kier molecular flexibility index (Phi) is 4.38. The number of rotatable bonds is 4. The Balaban J connectivity index is 1.68. The molecule has 24 heavy (non-hydrogen) atoms. The molecule has 10 heteroatoms. The summed E-state index contributed by atoms with van der Waals surface area (Å²) in [5.74, 6) is 0.264. The number of aromatic nitrogens is 1. The van der Waals surface area contributed by atoms with Gasteiger partial charge in [0.2, 0.25) is 0 Å². The molecule has 1 atom stereocenters. The van der Waals surface area contributed by atoms with Crippen molar-refractivity contribution < 1.29 is 14.8 Å². The van der Waals surface area contributed by atoms with Crippen LogP contribution in [0.4, 0.5) is 16.3 Å². The number of nitrogens with zero attached hydrogens (tertiary/aromatic N) is 3. The molecular weight excluding hydrogens is 318 g/mol. The first-order valence-corrected chi connectivity index (χ1v) is 7.81. The van der Waals surface area contributed by atoms with Gasteiger partial charge in [-0.05, 0) is 12.8 Å². The van der Waals surface area contributed by atoms with Crippen molar-refractivity contribution in [3.63, 3.8) is 0 Å². The van der Waals surface area contributed by atoms with Gasteiger partial charge in [-0.25, -0.2) is 4.79 Å². The molecule has 2 aliphatic rings. The van der Waals surface area contributed by atoms with Crippen LogP contribution in [-0.2, 0) is 0 Å². The lowest BCUT2D eigenvalue weighted by Crippen LogP contribution is -2.46. The molecule has 0 aliphatic carbocycles. The standard InChI is InChI=1S/C14H19N5O5/c20-12-2-1-11(19(23)24)13-15-7-10(18(12)13)8-17-5-3-9(4-6-17)16-14(21)22/h1-2,9-10,15-16H,3-8H2,(H,21,22). The lowest BCUT2D eigenvalue weighted by atomic mass is 10.0. The molecule has 0 bridgehead atoms. The third-order valence-electron chi connectivity index (χ3n) is 4.56. The first kappa shape index (κ1) is 16.2. The molecule has 1 amide bonds. The molecule has 0 radical (unpaired) electrons. The van der Waals surface area contributed by atoms with Crippen molar-refractivity contribution in [2.45, 2.75) is 24.9 Å². The highest BCUT2D eigenvalue weighted by Gasteiger charge is 2.31. The van der Waals surface area contributed by atoms with Crippen LogP contribution in [0.2, 0.25) is 0 Å². The van der Waals surface area contributed by atoms with Gasteiger partial charge in [-0.15, -0.1) is 0 Å². The zero-order valence-corrected chi connectivity index (χ0v) is 13.0. The van der Waals surface area contributed by atoms with E-state index < -0.39 is 11.0 Å². The number of likely N-dealkylation sites (tertiary alicyclic amines) is 1. The van der Waals surface area contributed by atoms with E-state index in [-0.39, 0.29) is 29.1 Å². The van der Waals surface area contributed by atoms with Crippen LogP contribution in [0.1, 0.15) is 18.9 Å². The van der Waals surface area contributed by atoms with E-state index in [0.29, 0.717) is 25.9 Å². The molecule has 0 aromatic carbocycles. The molecule has 0 spiro atoms. The van der Waals surface area contributed by atoms with Gasteiger partial charge in [0, 0.05) is 44.4 Å². The summed E-state index contributed by atoms with van der Waals surface area (Å²) in [6.45, 7) is 2.51. The highest BCUT2D eigenvalue weighted by Crippen LogP contribution is 2.30. The SMILES string of the molecule is O=C(O)NC1CCN(CC2CNc3c([N+](=O)[O-])ccc(=O)n32)CC1. The Bertz CT molecular complexity index is 710. The van der Waals surface area contributed by atoms with E-state index in [9.17, 15) is 19.7 Å². The van der Waals surface area contributed by atoms with Crippen LogP contribution < -0.4 is 16.2 Å². The van der Waals surface area contributed by atoms with E-state index in [4.69, 9.17) is 5.11 Å². The summed E-state index contributed by atoms with van der Waals surface area (Å²) in [4.78, 5) is 35.5. The van der Waals surface area contributed by atoms with Crippen molar-refractivity contribution in [1.29, 1.82) is 0 Å². The van der Waals surface area contributed by atoms with Crippen molar-refractivity contribution in [3.05, 3.63) is 32.6 Å². The Morgan fingerprint density at radius 2 is 2.12 bits per heavy atom. The number of fused-ring (bicyclic) bond motifs is 1. The molecule has 0 saturated carbocycles. The molecule has 10 nitrogen and oxygen atoms in total. The van der Waals surface area contributed by atoms with Gasteiger partial charge in [-0.2, -0.15) is 0 Å². The van der Waals surface area contributed by atoms with Crippen LogP contribution in [0.3, 0.4) is 0 Å². The fraction of sp³-hybridized carbons (Fsp3) is 0.571. The van der Waals surface area contributed by atoms with Gasteiger partial charge >= 0.3 is 11.8 Å². The zero-order valence-electron chi connectivity index (χ0n) is 13.0. The van der Waals surface area contributed by atoms with E-state index in [1.165, 1.54) is 16.7 Å². The topological polar surface area (TPSA) is 130 Å². The van der Waals surface area contributed by atoms with E-state index in [0.717, 1.165) is 13.1 Å². The average Bonchev–Trinajstić information content (AvgIpc) is 2.93. The normalized spacial score (nSPS) is 21.1. The number of nitrogens with one attached hydrogen (secondary N) is 2. The maximum Gasteiger partial charge on any atom is 0.404 e. The number of hydrogen-bond donors (Lipinski definition) is 3. The maximum absolute atomic E-state index is 12.1. The number of hydrogen-bond acceptors (Lipinski definition) is 6. The third-order valence-corrected chi connectivity index (χ3v) is 4.56. The fourth-order valence-electron chi connectivity index (χ4n) is 3.41. The van der Waals surface area contributed by atoms with E-state index in [1.54, 1.807) is 0 Å². The third kappa shape index (κ3) is 3.18. The summed E-state index contributed by atoms with van der Waals surface area (Å²) < 4.78 is 1.46. The minimum atomic E-state index is -1.01. The number of piperidine rings is 1. The Morgan fingerprint density at radius 1 is 1.42 bits per heavy atom. The summed E-state index contributed by atoms with van der Waals surface area (Å²) in [6, 6.07) is 2.24. The van der Waals surface area contributed by atoms with Crippen molar-refractivity contribution in [1.82, 2.24) is 14.8 Å². The molecule has 1 aromatic heterocycles. The van der Waals surface area contributed by atoms with E-state index in [1.807, 2.05) is 0 Å². The Hall–Kier alpha value is -2.62. The van der Waals surface area contributed by atoms with Gasteiger partial charge in [0.05, 0.1) is 11.0 Å². The van der Waals surface area contributed by atoms with Gasteiger partial charge in [-0.1, -0.05) is 0 Å². The molecular formula is C14H19N5O5. The molecule has 1 unspecified atom stereocenters. The fourth-order valence-corrected chi connectivity index (χ4v) is 3.41. The minimum absolute atomic E-state index is 0.0449. The largest absolute Gasteiger partial charge is 0.465 e. The predicted molar refractivity (Wildman–Crippen MR) is 85.5 cm³/mol. The second-order valence-electron chi connectivity index (χ2n) is 6.09. The van der Waals surface area contributed by atoms with Gasteiger partial charge in [0.1, 0.15) is 0 Å². The van der Waals surface area contributed by atoms with Gasteiger partial charge in [0.25, 0.3) is 5.56 Å². The van der Waals surface area contributed by atoms with E-state index >= 15 is 0 Å². The van der Waals surface area contributed by atoms with Crippen LogP contribution in [-0.4, -0.2) is 57.8 Å². The first-order valence-electron chi connectivity index (χ1n) is 7.81. The molecule has 130 valence electrons. The average molecular weight is 337 g/mol. The zero-order chi connectivity index (χ0) is 17.3. The number of nitro groups is 1. The highest BCUT2D eigenvalue weighted by molar-refractivity contribution is 5.64. The lowest BCUT2D eigenvalue weighted by Gasteiger charge is -2.33. The van der Waals surface area contributed by atoms with Gasteiger partial charge < -0.3 is 20.6 Å². The molecule has 2 aliphatic heterocycles. The van der Waals surface area contributed by atoms with Crippen molar-refractivity contribution >= 4 is 17.6 Å². The summed E-state index contributed by atoms with van der Waals surface area (Å²) in [5.41, 5.74) is -0.352. The van der Waals surface area contributed by atoms with Gasteiger partial charge in [0.15, 0.2) is 5.82 Å². The summed E-state index contributed by atoms with van der Waals surface area (Å²) in [7, 11) is 0. The van der Waals surface area contributed by atoms with Gasteiger partial charge in [-0.3, -0.25) is 19.5 Å². The quantitative estimate of drug-likeness (QED) is 0.537. The lowest BCUT2D eigenvalue weighted by molar-refractivity contribution is -0.384. The molecule has 1 saturated heterocycles. The van der Waals surface area contributed by atoms with Crippen LogP contribution in [0.5, 0.6) is 0 Å². The Labute approximate surface area is 137 Å². The number of carboxylic acid groups (broad SMARTS) is 1. The summed E-state index contributed by atoms with van der Waals surface area (Å²) in [5, 5.41) is 25.3. The van der Waals surface area contributed by atoms with Crippen molar-refractivity contribution in [2.75, 3.05) is 31.5 Å². The number of carbonyl (C=O) groups is 1. The smallest absolute Gasteiger partial charge is 0.404 e. The maximum atomic E-state index is 12.1. The molecule has 3 rings (SSSR count). The summed E-state index contributed by atoms with van der Waals surface area (Å²) >= 11 is 0. The molecule has 1 fully saturated rings. The second-order valence-corrected chi connectivity index (χ2v) is 6.09. The monoisotopic (exact) mass is 337 g/mol. The Morgan fingerprint density at radius 3 is 2.75 bits per heavy atom. The molecule has 1 aromatic rings. The predicted octanol–water partition coefficient (Wildman–Crippen LogP) is 0.455. The minimum Gasteiger partial charge on any atom is -0.465 e. The van der Waals surface area contributed by atoms with Crippen LogP contribution >= 0.6 is 0 Å². The second kappa shape index (κ2) is 6.48. The van der Waals surface area contributed by atoms with Crippen molar-refractivity contribution in [2.24, 2.45) is 0 Å². The van der Waals surface area contributed by atoms with Crippen LogP contribution in [0, 0.1) is 10.1 Å². The highest BCUT2D eigenvalue weighted by atomic mass is 16.6. The van der Waals surface area contributed by atoms with Crippen LogP contribution in [0.25, 0.3) is 0 Å². The van der Waals surface area contributed by atoms with Crippen LogP contribution in [0.15, 0.2) is 16.9 Å². The van der Waals surface area contributed by atoms with E-state index in [2.05, 4.69) is 15.5 Å². The first-order chi connectivity index (χ1) is 11.5. The van der Waals surface area contributed by atoms with Crippen molar-refractivity contribution in [3.8, 4) is 0 Å². The number of anilines is 1.